The van der Waals surface area contributed by atoms with Crippen molar-refractivity contribution in [3.05, 3.63) is 40.1 Å². The first-order chi connectivity index (χ1) is 11.3. The number of pyridine rings is 1. The van der Waals surface area contributed by atoms with Gasteiger partial charge in [0.15, 0.2) is 5.60 Å². The van der Waals surface area contributed by atoms with Crippen LogP contribution in [0.4, 0.5) is 5.13 Å². The molecular formula is C16H20N4O3S. The fraction of sp³-hybridized carbons (Fsp3) is 0.500. The maximum absolute atomic E-state index is 12.4. The summed E-state index contributed by atoms with van der Waals surface area (Å²) >= 11 is 1.10. The number of anilines is 1. The first-order valence-electron chi connectivity index (χ1n) is 7.88. The Labute approximate surface area is 143 Å². The largest absolute Gasteiger partial charge is 0.378 e. The highest BCUT2D eigenvalue weighted by Gasteiger charge is 2.32. The van der Waals surface area contributed by atoms with Gasteiger partial charge < -0.3 is 9.67 Å². The molecule has 1 unspecified atom stereocenters. The smallest absolute Gasteiger partial charge is 0.259 e. The van der Waals surface area contributed by atoms with Crippen LogP contribution in [0, 0.1) is 12.8 Å². The van der Waals surface area contributed by atoms with Crippen LogP contribution in [0.2, 0.25) is 0 Å². The number of hydrogen-bond donors (Lipinski definition) is 2. The van der Waals surface area contributed by atoms with E-state index in [1.165, 1.54) is 30.4 Å². The van der Waals surface area contributed by atoms with Crippen LogP contribution in [0.25, 0.3) is 0 Å². The van der Waals surface area contributed by atoms with Crippen molar-refractivity contribution in [1.82, 2.24) is 13.9 Å². The van der Waals surface area contributed by atoms with Gasteiger partial charge in [-0.05, 0) is 38.7 Å². The van der Waals surface area contributed by atoms with Gasteiger partial charge in [-0.15, -0.1) is 0 Å². The standard InChI is InChI=1S/C16H20N4O3S/c1-10-4-3-5-13(21)20(10)9-16(2,23)14(22)18-15-17-12(19-24-15)8-11-6-7-11/h3-5,11,23H,6-9H2,1-2H3,(H,17,18,19,22). The van der Waals surface area contributed by atoms with Crippen molar-refractivity contribution in [2.45, 2.75) is 45.3 Å². The minimum Gasteiger partial charge on any atom is -0.378 e. The van der Waals surface area contributed by atoms with Crippen LogP contribution in [0.1, 0.15) is 31.3 Å². The molecule has 1 atom stereocenters. The summed E-state index contributed by atoms with van der Waals surface area (Å²) in [6, 6.07) is 4.80. The molecule has 1 aliphatic rings. The summed E-state index contributed by atoms with van der Waals surface area (Å²) in [6.45, 7) is 3.01. The SMILES string of the molecule is Cc1cccc(=O)n1CC(C)(O)C(=O)Nc1nc(CC2CC2)ns1. The number of amides is 1. The Hall–Kier alpha value is -2.06. The van der Waals surface area contributed by atoms with E-state index in [1.807, 2.05) is 0 Å². The Morgan fingerprint density at radius 1 is 1.50 bits per heavy atom. The van der Waals surface area contributed by atoms with Gasteiger partial charge in [0, 0.05) is 29.7 Å². The van der Waals surface area contributed by atoms with Crippen LogP contribution in [0.15, 0.2) is 23.0 Å². The zero-order valence-corrected chi connectivity index (χ0v) is 14.5. The highest BCUT2D eigenvalue weighted by atomic mass is 32.1. The van der Waals surface area contributed by atoms with Gasteiger partial charge in [-0.1, -0.05) is 6.07 Å². The number of carbonyl (C=O) groups excluding carboxylic acids is 1. The molecule has 0 bridgehead atoms. The molecule has 0 spiro atoms. The Morgan fingerprint density at radius 2 is 2.25 bits per heavy atom. The Kier molecular flexibility index (Phi) is 4.51. The predicted molar refractivity (Wildman–Crippen MR) is 91.0 cm³/mol. The van der Waals surface area contributed by atoms with E-state index in [0.717, 1.165) is 23.8 Å². The number of nitrogens with zero attached hydrogens (tertiary/aromatic N) is 3. The zero-order chi connectivity index (χ0) is 17.3. The van der Waals surface area contributed by atoms with Gasteiger partial charge in [-0.3, -0.25) is 14.9 Å². The third-order valence-electron chi connectivity index (χ3n) is 4.08. The molecule has 8 heteroatoms. The lowest BCUT2D eigenvalue weighted by Gasteiger charge is -2.23. The fourth-order valence-electron chi connectivity index (χ4n) is 2.41. The van der Waals surface area contributed by atoms with Gasteiger partial charge in [-0.2, -0.15) is 4.37 Å². The zero-order valence-electron chi connectivity index (χ0n) is 13.7. The first-order valence-corrected chi connectivity index (χ1v) is 8.65. The van der Waals surface area contributed by atoms with Crippen molar-refractivity contribution < 1.29 is 9.90 Å². The molecule has 128 valence electrons. The van der Waals surface area contributed by atoms with E-state index >= 15 is 0 Å². The van der Waals surface area contributed by atoms with Gasteiger partial charge in [0.1, 0.15) is 5.82 Å². The normalized spacial score (nSPS) is 16.6. The Balaban J connectivity index is 1.68. The topological polar surface area (TPSA) is 97.1 Å². The summed E-state index contributed by atoms with van der Waals surface area (Å²) in [5, 5.41) is 13.5. The summed E-state index contributed by atoms with van der Waals surface area (Å²) < 4.78 is 5.60. The van der Waals surface area contributed by atoms with Crippen LogP contribution >= 0.6 is 11.5 Å². The molecule has 2 heterocycles. The van der Waals surface area contributed by atoms with Crippen molar-refractivity contribution in [3.63, 3.8) is 0 Å². The summed E-state index contributed by atoms with van der Waals surface area (Å²) in [6.07, 6.45) is 3.25. The van der Waals surface area contributed by atoms with Gasteiger partial charge in [0.05, 0.1) is 6.54 Å². The maximum atomic E-state index is 12.4. The molecule has 1 aliphatic carbocycles. The number of rotatable bonds is 6. The van der Waals surface area contributed by atoms with E-state index < -0.39 is 11.5 Å². The lowest BCUT2D eigenvalue weighted by atomic mass is 10.1. The molecule has 0 aliphatic heterocycles. The minimum atomic E-state index is -1.74. The van der Waals surface area contributed by atoms with E-state index in [4.69, 9.17) is 0 Å². The molecule has 2 N–H and O–H groups in total. The molecule has 1 fully saturated rings. The van der Waals surface area contributed by atoms with E-state index in [2.05, 4.69) is 14.7 Å². The second kappa shape index (κ2) is 6.45. The fourth-order valence-corrected chi connectivity index (χ4v) is 3.00. The van der Waals surface area contributed by atoms with E-state index in [-0.39, 0.29) is 12.1 Å². The molecule has 3 rings (SSSR count). The number of nitrogens with one attached hydrogen (secondary N) is 1. The molecule has 0 saturated heterocycles. The summed E-state index contributed by atoms with van der Waals surface area (Å²) in [5.41, 5.74) is -1.32. The third-order valence-corrected chi connectivity index (χ3v) is 4.75. The third kappa shape index (κ3) is 3.88. The van der Waals surface area contributed by atoms with Gasteiger partial charge in [0.2, 0.25) is 5.13 Å². The molecule has 0 aromatic carbocycles. The highest BCUT2D eigenvalue weighted by Crippen LogP contribution is 2.32. The van der Waals surface area contributed by atoms with Crippen LogP contribution in [-0.4, -0.2) is 30.5 Å². The summed E-state index contributed by atoms with van der Waals surface area (Å²) in [7, 11) is 0. The Morgan fingerprint density at radius 3 is 2.92 bits per heavy atom. The quantitative estimate of drug-likeness (QED) is 0.821. The summed E-state index contributed by atoms with van der Waals surface area (Å²) in [4.78, 5) is 28.6. The number of aryl methyl sites for hydroxylation is 1. The van der Waals surface area contributed by atoms with Crippen LogP contribution in [0.5, 0.6) is 0 Å². The van der Waals surface area contributed by atoms with Crippen molar-refractivity contribution in [1.29, 1.82) is 0 Å². The molecule has 2 aromatic heterocycles. The molecular weight excluding hydrogens is 328 g/mol. The van der Waals surface area contributed by atoms with E-state index in [1.54, 1.807) is 19.1 Å². The average Bonchev–Trinajstić information content (AvgIpc) is 3.22. The maximum Gasteiger partial charge on any atom is 0.259 e. The molecule has 2 aromatic rings. The minimum absolute atomic E-state index is 0.127. The number of carbonyl (C=O) groups is 1. The van der Waals surface area contributed by atoms with Crippen LogP contribution in [-0.2, 0) is 17.8 Å². The second-order valence-electron chi connectivity index (χ2n) is 6.48. The van der Waals surface area contributed by atoms with Gasteiger partial charge >= 0.3 is 0 Å². The van der Waals surface area contributed by atoms with Gasteiger partial charge in [0.25, 0.3) is 11.5 Å². The highest BCUT2D eigenvalue weighted by molar-refractivity contribution is 7.09. The molecule has 24 heavy (non-hydrogen) atoms. The van der Waals surface area contributed by atoms with Crippen molar-refractivity contribution in [2.75, 3.05) is 5.32 Å². The molecule has 1 saturated carbocycles. The van der Waals surface area contributed by atoms with E-state index in [0.29, 0.717) is 16.7 Å². The van der Waals surface area contributed by atoms with Crippen molar-refractivity contribution in [3.8, 4) is 0 Å². The van der Waals surface area contributed by atoms with Crippen LogP contribution in [0.3, 0.4) is 0 Å². The van der Waals surface area contributed by atoms with Crippen molar-refractivity contribution in [2.24, 2.45) is 5.92 Å². The van der Waals surface area contributed by atoms with E-state index in [9.17, 15) is 14.7 Å². The predicted octanol–water partition coefficient (Wildman–Crippen LogP) is 1.35. The molecule has 1 amide bonds. The number of aromatic nitrogens is 3. The average molecular weight is 348 g/mol. The lowest BCUT2D eigenvalue weighted by molar-refractivity contribution is -0.133. The Bertz CT molecular complexity index is 808. The monoisotopic (exact) mass is 348 g/mol. The van der Waals surface area contributed by atoms with Gasteiger partial charge in [-0.25, -0.2) is 4.98 Å². The second-order valence-corrected chi connectivity index (χ2v) is 7.23. The lowest BCUT2D eigenvalue weighted by Crippen LogP contribution is -2.46. The van der Waals surface area contributed by atoms with Crippen LogP contribution < -0.4 is 10.9 Å². The first kappa shape index (κ1) is 16.8. The number of hydrogen-bond acceptors (Lipinski definition) is 6. The summed E-state index contributed by atoms with van der Waals surface area (Å²) in [5.74, 6) is 0.790. The molecule has 0 radical (unpaired) electrons. The number of aliphatic hydroxyl groups is 1. The molecule has 7 nitrogen and oxygen atoms in total. The van der Waals surface area contributed by atoms with Crippen molar-refractivity contribution >= 4 is 22.6 Å².